The molecule has 0 unspecified atom stereocenters. The first kappa shape index (κ1) is 23.7. The van der Waals surface area contributed by atoms with Crippen LogP contribution in [0, 0.1) is 5.92 Å². The summed E-state index contributed by atoms with van der Waals surface area (Å²) in [7, 11) is -2.20. The van der Waals surface area contributed by atoms with Crippen molar-refractivity contribution in [2.24, 2.45) is 5.92 Å². The van der Waals surface area contributed by atoms with Crippen LogP contribution < -0.4 is 9.47 Å². The highest BCUT2D eigenvalue weighted by Crippen LogP contribution is 2.30. The second-order valence-corrected chi connectivity index (χ2v) is 9.69. The Morgan fingerprint density at radius 3 is 2.32 bits per heavy atom. The van der Waals surface area contributed by atoms with Crippen molar-refractivity contribution in [2.75, 3.05) is 33.4 Å². The molecule has 1 fully saturated rings. The number of ether oxygens (including phenoxy) is 3. The number of benzene rings is 2. The first-order chi connectivity index (χ1) is 14.8. The summed E-state index contributed by atoms with van der Waals surface area (Å²) >= 11 is 12.0. The number of hydrogen-bond donors (Lipinski definition) is 0. The van der Waals surface area contributed by atoms with Crippen molar-refractivity contribution in [3.63, 3.8) is 0 Å². The number of piperidine rings is 1. The van der Waals surface area contributed by atoms with Crippen molar-refractivity contribution in [2.45, 2.75) is 17.7 Å². The summed E-state index contributed by atoms with van der Waals surface area (Å²) in [5.41, 5.74) is 0. The molecule has 0 amide bonds. The predicted octanol–water partition coefficient (Wildman–Crippen LogP) is 4.02. The lowest BCUT2D eigenvalue weighted by Crippen LogP contribution is -2.40. The minimum Gasteiger partial charge on any atom is -0.497 e. The smallest absolute Gasteiger partial charge is 0.309 e. The third-order valence-electron chi connectivity index (χ3n) is 4.95. The molecule has 7 nitrogen and oxygen atoms in total. The molecule has 1 aliphatic rings. The van der Waals surface area contributed by atoms with Crippen LogP contribution in [0.15, 0.2) is 47.4 Å². The van der Waals surface area contributed by atoms with Gasteiger partial charge in [-0.15, -0.1) is 0 Å². The standard InChI is InChI=1S/C21H23Cl2NO6S/c1-28-17-3-5-18(6-4-17)29-12-13-30-21(25)15-8-10-24(11-9-15)31(26,27)20-14-16(22)2-7-19(20)23/h2-7,14-15H,8-13H2,1H3. The topological polar surface area (TPSA) is 82.1 Å². The number of rotatable bonds is 8. The van der Waals surface area contributed by atoms with Crippen LogP contribution in [0.1, 0.15) is 12.8 Å². The van der Waals surface area contributed by atoms with Gasteiger partial charge in [-0.05, 0) is 55.3 Å². The number of carbonyl (C=O) groups is 1. The average Bonchev–Trinajstić information content (AvgIpc) is 2.78. The Bertz CT molecular complexity index is 1010. The van der Waals surface area contributed by atoms with Gasteiger partial charge in [0.25, 0.3) is 0 Å². The molecular formula is C21H23Cl2NO6S. The summed E-state index contributed by atoms with van der Waals surface area (Å²) in [6, 6.07) is 11.4. The van der Waals surface area contributed by atoms with Gasteiger partial charge >= 0.3 is 5.97 Å². The lowest BCUT2D eigenvalue weighted by Gasteiger charge is -2.30. The predicted molar refractivity (Wildman–Crippen MR) is 117 cm³/mol. The maximum atomic E-state index is 12.9. The highest BCUT2D eigenvalue weighted by Gasteiger charge is 2.33. The zero-order valence-electron chi connectivity index (χ0n) is 16.9. The van der Waals surface area contributed by atoms with E-state index in [1.165, 1.54) is 22.5 Å². The van der Waals surface area contributed by atoms with Gasteiger partial charge in [-0.2, -0.15) is 4.31 Å². The van der Waals surface area contributed by atoms with Gasteiger partial charge in [0.05, 0.1) is 18.1 Å². The van der Waals surface area contributed by atoms with Gasteiger partial charge in [0.2, 0.25) is 10.0 Å². The summed E-state index contributed by atoms with van der Waals surface area (Å²) in [6.07, 6.45) is 0.741. The SMILES string of the molecule is COc1ccc(OCCOC(=O)C2CCN(S(=O)(=O)c3cc(Cl)ccc3Cl)CC2)cc1. The van der Waals surface area contributed by atoms with Crippen molar-refractivity contribution in [3.8, 4) is 11.5 Å². The van der Waals surface area contributed by atoms with E-state index in [0.29, 0.717) is 23.6 Å². The van der Waals surface area contributed by atoms with Crippen molar-refractivity contribution in [1.82, 2.24) is 4.31 Å². The number of carbonyl (C=O) groups excluding carboxylic acids is 1. The van der Waals surface area contributed by atoms with Gasteiger partial charge in [-0.1, -0.05) is 23.2 Å². The van der Waals surface area contributed by atoms with E-state index in [9.17, 15) is 13.2 Å². The number of methoxy groups -OCH3 is 1. The number of sulfonamides is 1. The molecule has 0 saturated carbocycles. The molecular weight excluding hydrogens is 465 g/mol. The molecule has 168 valence electrons. The van der Waals surface area contributed by atoms with E-state index in [1.54, 1.807) is 31.4 Å². The Kier molecular flexibility index (Phi) is 8.05. The highest BCUT2D eigenvalue weighted by molar-refractivity contribution is 7.89. The number of hydrogen-bond acceptors (Lipinski definition) is 6. The summed E-state index contributed by atoms with van der Waals surface area (Å²) in [5.74, 6) is 0.665. The Morgan fingerprint density at radius 1 is 1.03 bits per heavy atom. The van der Waals surface area contributed by atoms with Crippen LogP contribution in [0.4, 0.5) is 0 Å². The Labute approximate surface area is 191 Å². The van der Waals surface area contributed by atoms with Crippen LogP contribution in [0.3, 0.4) is 0 Å². The molecule has 3 rings (SSSR count). The fourth-order valence-electron chi connectivity index (χ4n) is 3.24. The third kappa shape index (κ3) is 6.04. The maximum Gasteiger partial charge on any atom is 0.309 e. The van der Waals surface area contributed by atoms with E-state index in [-0.39, 0.29) is 48.1 Å². The van der Waals surface area contributed by atoms with Crippen LogP contribution in [0.5, 0.6) is 11.5 Å². The van der Waals surface area contributed by atoms with Crippen LogP contribution >= 0.6 is 23.2 Å². The summed E-state index contributed by atoms with van der Waals surface area (Å²) in [5, 5.41) is 0.404. The molecule has 31 heavy (non-hydrogen) atoms. The van der Waals surface area contributed by atoms with E-state index in [1.807, 2.05) is 0 Å². The monoisotopic (exact) mass is 487 g/mol. The molecule has 1 saturated heterocycles. The number of nitrogens with zero attached hydrogens (tertiary/aromatic N) is 1. The van der Waals surface area contributed by atoms with E-state index in [4.69, 9.17) is 37.4 Å². The minimum atomic E-state index is -3.79. The van der Waals surface area contributed by atoms with Crippen molar-refractivity contribution in [3.05, 3.63) is 52.5 Å². The normalized spacial score (nSPS) is 15.5. The van der Waals surface area contributed by atoms with Crippen LogP contribution in [0.2, 0.25) is 10.0 Å². The molecule has 0 aromatic heterocycles. The molecule has 0 N–H and O–H groups in total. The average molecular weight is 488 g/mol. The molecule has 10 heteroatoms. The Balaban J connectivity index is 1.45. The second-order valence-electron chi connectivity index (χ2n) is 6.94. The van der Waals surface area contributed by atoms with Crippen molar-refractivity contribution in [1.29, 1.82) is 0 Å². The summed E-state index contributed by atoms with van der Waals surface area (Å²) < 4.78 is 43.0. The fraction of sp³-hybridized carbons (Fsp3) is 0.381. The number of esters is 1. The van der Waals surface area contributed by atoms with Gasteiger partial charge in [0.1, 0.15) is 29.6 Å². The largest absolute Gasteiger partial charge is 0.497 e. The van der Waals surface area contributed by atoms with E-state index in [0.717, 1.165) is 5.75 Å². The second kappa shape index (κ2) is 10.5. The maximum absolute atomic E-state index is 12.9. The third-order valence-corrected chi connectivity index (χ3v) is 7.57. The number of halogens is 2. The van der Waals surface area contributed by atoms with Crippen LogP contribution in [-0.4, -0.2) is 52.1 Å². The molecule has 0 atom stereocenters. The first-order valence-electron chi connectivity index (χ1n) is 9.70. The molecule has 0 spiro atoms. The zero-order chi connectivity index (χ0) is 22.4. The molecule has 1 aliphatic heterocycles. The molecule has 0 bridgehead atoms. The molecule has 2 aromatic carbocycles. The van der Waals surface area contributed by atoms with Crippen molar-refractivity contribution < 1.29 is 27.4 Å². The van der Waals surface area contributed by atoms with Gasteiger partial charge in [-0.3, -0.25) is 4.79 Å². The molecule has 0 aliphatic carbocycles. The zero-order valence-corrected chi connectivity index (χ0v) is 19.3. The van der Waals surface area contributed by atoms with E-state index < -0.39 is 10.0 Å². The summed E-state index contributed by atoms with van der Waals surface area (Å²) in [4.78, 5) is 12.3. The van der Waals surface area contributed by atoms with Gasteiger partial charge in [0, 0.05) is 18.1 Å². The van der Waals surface area contributed by atoms with Crippen molar-refractivity contribution >= 4 is 39.2 Å². The Hall–Kier alpha value is -2.00. The molecule has 1 heterocycles. The first-order valence-corrected chi connectivity index (χ1v) is 11.9. The Morgan fingerprint density at radius 2 is 1.68 bits per heavy atom. The van der Waals surface area contributed by atoms with Crippen LogP contribution in [-0.2, 0) is 19.6 Å². The van der Waals surface area contributed by atoms with E-state index >= 15 is 0 Å². The molecule has 0 radical (unpaired) electrons. The van der Waals surface area contributed by atoms with Gasteiger partial charge in [0.15, 0.2) is 0 Å². The van der Waals surface area contributed by atoms with Gasteiger partial charge in [-0.25, -0.2) is 8.42 Å². The lowest BCUT2D eigenvalue weighted by atomic mass is 9.98. The quantitative estimate of drug-likeness (QED) is 0.413. The fourth-order valence-corrected chi connectivity index (χ4v) is 5.44. The lowest BCUT2D eigenvalue weighted by molar-refractivity contribution is -0.150. The minimum absolute atomic E-state index is 0.0293. The summed E-state index contributed by atoms with van der Waals surface area (Å²) in [6.45, 7) is 0.737. The molecule has 2 aromatic rings. The van der Waals surface area contributed by atoms with E-state index in [2.05, 4.69) is 0 Å². The van der Waals surface area contributed by atoms with Gasteiger partial charge < -0.3 is 14.2 Å². The highest BCUT2D eigenvalue weighted by atomic mass is 35.5. The van der Waals surface area contributed by atoms with Crippen LogP contribution in [0.25, 0.3) is 0 Å².